The smallest absolute Gasteiger partial charge is 0.426 e. The normalized spacial score (nSPS) is 15.0. The highest BCUT2D eigenvalue weighted by molar-refractivity contribution is 7.85. The molecule has 32 heavy (non-hydrogen) atoms. The molecule has 1 aliphatic carbocycles. The van der Waals surface area contributed by atoms with Crippen LogP contribution in [0.5, 0.6) is 0 Å². The quantitative estimate of drug-likeness (QED) is 0.473. The lowest BCUT2D eigenvalue weighted by atomic mass is 10.2. The van der Waals surface area contributed by atoms with Gasteiger partial charge < -0.3 is 9.30 Å². The van der Waals surface area contributed by atoms with Crippen LogP contribution in [0.2, 0.25) is 0 Å². The van der Waals surface area contributed by atoms with Crippen LogP contribution in [-0.4, -0.2) is 58.5 Å². The number of amides is 1. The Morgan fingerprint density at radius 2 is 2.03 bits per heavy atom. The molecule has 0 atom stereocenters. The first-order valence-corrected chi connectivity index (χ1v) is 12.0. The molecule has 0 unspecified atom stereocenters. The van der Waals surface area contributed by atoms with Gasteiger partial charge in [0.2, 0.25) is 5.82 Å². The van der Waals surface area contributed by atoms with E-state index in [1.54, 1.807) is 30.3 Å². The van der Waals surface area contributed by atoms with Crippen molar-refractivity contribution >= 4 is 33.2 Å². The second-order valence-electron chi connectivity index (χ2n) is 8.54. The lowest BCUT2D eigenvalue weighted by Crippen LogP contribution is -2.50. The van der Waals surface area contributed by atoms with Crippen molar-refractivity contribution in [2.24, 2.45) is 0 Å². The predicted octanol–water partition coefficient (Wildman–Crippen LogP) is 1.86. The number of imidazole rings is 1. The second kappa shape index (κ2) is 9.25. The highest BCUT2D eigenvalue weighted by Gasteiger charge is 2.30. The van der Waals surface area contributed by atoms with Gasteiger partial charge in [0.25, 0.3) is 10.1 Å². The van der Waals surface area contributed by atoms with Crippen molar-refractivity contribution in [2.45, 2.75) is 64.6 Å². The molecule has 12 nitrogen and oxygen atoms in total. The largest absolute Gasteiger partial charge is 0.443 e. The third kappa shape index (κ3) is 6.04. The van der Waals surface area contributed by atoms with Crippen molar-refractivity contribution in [2.75, 3.05) is 17.9 Å². The van der Waals surface area contributed by atoms with Gasteiger partial charge in [-0.2, -0.15) is 23.6 Å². The number of anilines is 1. The minimum absolute atomic E-state index is 0.0501. The Hall–Kier alpha value is -2.98. The standard InChI is InChI=1S/C19H27N7O5S/c1-19(2,3)31-18(27)24-26(13-7-5-6-8-13)17-15-16(22-14(11-20)23-17)25(12-21-15)9-10-30-32(4,28)29/h12-13H,5-10H2,1-4H3,(H,24,27). The first-order valence-electron chi connectivity index (χ1n) is 10.2. The molecule has 1 amide bonds. The molecule has 0 radical (unpaired) electrons. The maximum absolute atomic E-state index is 12.5. The molecule has 0 bridgehead atoms. The van der Waals surface area contributed by atoms with Gasteiger partial charge in [-0.15, -0.1) is 0 Å². The molecule has 1 fully saturated rings. The molecule has 1 N–H and O–H groups in total. The molecule has 13 heteroatoms. The van der Waals surface area contributed by atoms with Gasteiger partial charge in [-0.25, -0.2) is 15.2 Å². The average Bonchev–Trinajstić information content (AvgIpc) is 3.33. The van der Waals surface area contributed by atoms with E-state index < -0.39 is 21.8 Å². The lowest BCUT2D eigenvalue weighted by Gasteiger charge is -2.31. The molecule has 2 aromatic rings. The van der Waals surface area contributed by atoms with Gasteiger partial charge in [0.1, 0.15) is 11.7 Å². The van der Waals surface area contributed by atoms with E-state index in [0.717, 1.165) is 31.9 Å². The minimum Gasteiger partial charge on any atom is -0.443 e. The molecular weight excluding hydrogens is 438 g/mol. The van der Waals surface area contributed by atoms with Crippen LogP contribution in [0.4, 0.5) is 10.6 Å². The van der Waals surface area contributed by atoms with Crippen molar-refractivity contribution in [1.82, 2.24) is 24.9 Å². The Bertz CT molecular complexity index is 1130. The van der Waals surface area contributed by atoms with Gasteiger partial charge in [-0.05, 0) is 33.6 Å². The van der Waals surface area contributed by atoms with Crippen LogP contribution in [0.25, 0.3) is 11.2 Å². The fourth-order valence-corrected chi connectivity index (χ4v) is 3.85. The Morgan fingerprint density at radius 3 is 2.62 bits per heavy atom. The van der Waals surface area contributed by atoms with Crippen LogP contribution in [0.15, 0.2) is 6.33 Å². The SMILES string of the molecule is CC(C)(C)OC(=O)NN(c1nc(C#N)nc2c1ncn2CCOS(C)(=O)=O)C1CCCC1. The maximum atomic E-state index is 12.5. The molecule has 2 aromatic heterocycles. The van der Waals surface area contributed by atoms with Crippen LogP contribution in [-0.2, 0) is 25.6 Å². The number of nitrogens with one attached hydrogen (secondary N) is 1. The van der Waals surface area contributed by atoms with E-state index in [0.29, 0.717) is 11.2 Å². The molecule has 0 spiro atoms. The fourth-order valence-electron chi connectivity index (χ4n) is 3.48. The van der Waals surface area contributed by atoms with Gasteiger partial charge in [0.15, 0.2) is 17.0 Å². The Labute approximate surface area is 186 Å². The first-order chi connectivity index (χ1) is 15.0. The van der Waals surface area contributed by atoms with Crippen LogP contribution in [0, 0.1) is 11.3 Å². The van der Waals surface area contributed by atoms with Crippen LogP contribution >= 0.6 is 0 Å². The molecule has 1 aliphatic rings. The van der Waals surface area contributed by atoms with Gasteiger partial charge in [0.05, 0.1) is 31.8 Å². The van der Waals surface area contributed by atoms with Crippen LogP contribution in [0.1, 0.15) is 52.3 Å². The molecule has 1 saturated carbocycles. The van der Waals surface area contributed by atoms with Gasteiger partial charge in [-0.3, -0.25) is 9.19 Å². The molecule has 3 rings (SSSR count). The van der Waals surface area contributed by atoms with Crippen molar-refractivity contribution in [3.63, 3.8) is 0 Å². The van der Waals surface area contributed by atoms with E-state index in [2.05, 4.69) is 20.4 Å². The number of hydrogen-bond donors (Lipinski definition) is 1. The zero-order valence-corrected chi connectivity index (χ0v) is 19.3. The summed E-state index contributed by atoms with van der Waals surface area (Å²) >= 11 is 0. The number of hydrogen-bond acceptors (Lipinski definition) is 10. The first kappa shape index (κ1) is 23.7. The van der Waals surface area contributed by atoms with Crippen molar-refractivity contribution in [1.29, 1.82) is 5.26 Å². The highest BCUT2D eigenvalue weighted by Crippen LogP contribution is 2.30. The number of nitrogens with zero attached hydrogens (tertiary/aromatic N) is 6. The predicted molar refractivity (Wildman–Crippen MR) is 115 cm³/mol. The van der Waals surface area contributed by atoms with Crippen LogP contribution in [0.3, 0.4) is 0 Å². The lowest BCUT2D eigenvalue weighted by molar-refractivity contribution is 0.0514. The summed E-state index contributed by atoms with van der Waals surface area (Å²) in [5, 5.41) is 11.1. The molecule has 174 valence electrons. The Kier molecular flexibility index (Phi) is 6.85. The van der Waals surface area contributed by atoms with Crippen molar-refractivity contribution < 1.29 is 22.1 Å². The number of rotatable bonds is 7. The number of nitriles is 1. The number of hydrazine groups is 1. The van der Waals surface area contributed by atoms with Crippen LogP contribution < -0.4 is 10.4 Å². The topological polar surface area (TPSA) is 152 Å². The number of carbonyl (C=O) groups is 1. The number of aromatic nitrogens is 4. The summed E-state index contributed by atoms with van der Waals surface area (Å²) in [4.78, 5) is 25.5. The summed E-state index contributed by atoms with van der Waals surface area (Å²) in [6, 6.07) is 1.88. The van der Waals surface area contributed by atoms with Gasteiger partial charge in [-0.1, -0.05) is 12.8 Å². The third-order valence-electron chi connectivity index (χ3n) is 4.70. The van der Waals surface area contributed by atoms with Crippen molar-refractivity contribution in [3.05, 3.63) is 12.2 Å². The van der Waals surface area contributed by atoms with E-state index in [1.807, 2.05) is 6.07 Å². The zero-order valence-electron chi connectivity index (χ0n) is 18.5. The highest BCUT2D eigenvalue weighted by atomic mass is 32.2. The second-order valence-corrected chi connectivity index (χ2v) is 10.2. The number of ether oxygens (including phenoxy) is 1. The molecule has 0 aliphatic heterocycles. The van der Waals surface area contributed by atoms with E-state index >= 15 is 0 Å². The average molecular weight is 466 g/mol. The number of fused-ring (bicyclic) bond motifs is 1. The van der Waals surface area contributed by atoms with Gasteiger partial charge in [0, 0.05) is 0 Å². The van der Waals surface area contributed by atoms with E-state index in [9.17, 15) is 18.5 Å². The molecule has 0 saturated heterocycles. The summed E-state index contributed by atoms with van der Waals surface area (Å²) in [5.74, 6) is 0.180. The summed E-state index contributed by atoms with van der Waals surface area (Å²) in [6.07, 6.45) is 5.43. The summed E-state index contributed by atoms with van der Waals surface area (Å²) in [7, 11) is -3.59. The number of carbonyl (C=O) groups excluding carboxylic acids is 1. The summed E-state index contributed by atoms with van der Waals surface area (Å²) < 4.78 is 34.3. The maximum Gasteiger partial charge on any atom is 0.426 e. The third-order valence-corrected chi connectivity index (χ3v) is 5.30. The molecule has 0 aromatic carbocycles. The fraction of sp³-hybridized carbons (Fsp3) is 0.632. The van der Waals surface area contributed by atoms with E-state index in [-0.39, 0.29) is 30.8 Å². The zero-order chi connectivity index (χ0) is 23.5. The molecular formula is C19H27N7O5S. The summed E-state index contributed by atoms with van der Waals surface area (Å²) in [5.41, 5.74) is 2.78. The van der Waals surface area contributed by atoms with Crippen molar-refractivity contribution in [3.8, 4) is 6.07 Å². The van der Waals surface area contributed by atoms with Gasteiger partial charge >= 0.3 is 6.09 Å². The summed E-state index contributed by atoms with van der Waals surface area (Å²) in [6.45, 7) is 5.33. The Morgan fingerprint density at radius 1 is 1.34 bits per heavy atom. The molecule has 2 heterocycles. The minimum atomic E-state index is -3.59. The van der Waals surface area contributed by atoms with E-state index in [4.69, 9.17) is 8.92 Å². The van der Waals surface area contributed by atoms with E-state index in [1.165, 1.54) is 6.33 Å². The monoisotopic (exact) mass is 465 g/mol. The Balaban J connectivity index is 1.99.